The molecule has 0 amide bonds. The van der Waals surface area contributed by atoms with Crippen molar-refractivity contribution >= 4 is 5.95 Å². The molecule has 0 spiro atoms. The SMILES string of the molecule is CCN(CCCO)c1nccc(C)n1. The maximum absolute atomic E-state index is 8.74. The summed E-state index contributed by atoms with van der Waals surface area (Å²) in [6.07, 6.45) is 2.52. The Morgan fingerprint density at radius 3 is 2.86 bits per heavy atom. The van der Waals surface area contributed by atoms with E-state index >= 15 is 0 Å². The van der Waals surface area contributed by atoms with Crippen LogP contribution < -0.4 is 4.90 Å². The van der Waals surface area contributed by atoms with Crippen LogP contribution in [0.3, 0.4) is 0 Å². The van der Waals surface area contributed by atoms with Gasteiger partial charge in [-0.15, -0.1) is 0 Å². The van der Waals surface area contributed by atoms with E-state index in [0.29, 0.717) is 0 Å². The van der Waals surface area contributed by atoms with Crippen LogP contribution in [0.15, 0.2) is 12.3 Å². The van der Waals surface area contributed by atoms with Crippen LogP contribution in [0.25, 0.3) is 0 Å². The first-order valence-corrected chi connectivity index (χ1v) is 4.93. The van der Waals surface area contributed by atoms with Gasteiger partial charge in [-0.1, -0.05) is 0 Å². The fourth-order valence-electron chi connectivity index (χ4n) is 1.25. The Hall–Kier alpha value is -1.16. The van der Waals surface area contributed by atoms with Crippen LogP contribution in [-0.4, -0.2) is 34.8 Å². The summed E-state index contributed by atoms with van der Waals surface area (Å²) in [4.78, 5) is 10.6. The van der Waals surface area contributed by atoms with Gasteiger partial charge in [0, 0.05) is 31.6 Å². The molecule has 0 fully saturated rings. The van der Waals surface area contributed by atoms with Gasteiger partial charge in [-0.25, -0.2) is 9.97 Å². The molecule has 1 N–H and O–H groups in total. The van der Waals surface area contributed by atoms with Crippen molar-refractivity contribution in [1.29, 1.82) is 0 Å². The molecule has 0 radical (unpaired) electrons. The zero-order valence-electron chi connectivity index (χ0n) is 8.77. The second-order valence-corrected chi connectivity index (χ2v) is 3.15. The first kappa shape index (κ1) is 10.9. The largest absolute Gasteiger partial charge is 0.396 e. The Kier molecular flexibility index (Phi) is 4.32. The summed E-state index contributed by atoms with van der Waals surface area (Å²) in [5.41, 5.74) is 0.970. The molecule has 1 aromatic rings. The molecule has 0 aliphatic heterocycles. The molecule has 1 aromatic heterocycles. The summed E-state index contributed by atoms with van der Waals surface area (Å²) >= 11 is 0. The highest BCUT2D eigenvalue weighted by Crippen LogP contribution is 2.06. The van der Waals surface area contributed by atoms with Gasteiger partial charge >= 0.3 is 0 Å². The quantitative estimate of drug-likeness (QED) is 0.761. The molecule has 4 heteroatoms. The predicted molar refractivity (Wildman–Crippen MR) is 56.4 cm³/mol. The Balaban J connectivity index is 2.68. The zero-order chi connectivity index (χ0) is 10.4. The summed E-state index contributed by atoms with van der Waals surface area (Å²) in [5.74, 6) is 0.751. The van der Waals surface area contributed by atoms with Gasteiger partial charge in [0.05, 0.1) is 0 Å². The minimum absolute atomic E-state index is 0.211. The third-order valence-electron chi connectivity index (χ3n) is 2.03. The topological polar surface area (TPSA) is 49.2 Å². The van der Waals surface area contributed by atoms with E-state index in [1.165, 1.54) is 0 Å². The van der Waals surface area contributed by atoms with Crippen molar-refractivity contribution in [3.05, 3.63) is 18.0 Å². The van der Waals surface area contributed by atoms with Gasteiger partial charge in [0.25, 0.3) is 0 Å². The van der Waals surface area contributed by atoms with Gasteiger partial charge in [-0.05, 0) is 26.3 Å². The lowest BCUT2D eigenvalue weighted by Gasteiger charge is -2.20. The molecule has 14 heavy (non-hydrogen) atoms. The standard InChI is InChI=1S/C10H17N3O/c1-3-13(7-4-8-14)10-11-6-5-9(2)12-10/h5-6,14H,3-4,7-8H2,1-2H3. The Labute approximate surface area is 84.6 Å². The molecular formula is C10H17N3O. The lowest BCUT2D eigenvalue weighted by atomic mass is 10.4. The number of hydrogen-bond acceptors (Lipinski definition) is 4. The molecule has 0 aromatic carbocycles. The van der Waals surface area contributed by atoms with Crippen LogP contribution in [0.2, 0.25) is 0 Å². The van der Waals surface area contributed by atoms with E-state index in [9.17, 15) is 0 Å². The van der Waals surface area contributed by atoms with Crippen molar-refractivity contribution < 1.29 is 5.11 Å². The number of rotatable bonds is 5. The smallest absolute Gasteiger partial charge is 0.225 e. The minimum atomic E-state index is 0.211. The second kappa shape index (κ2) is 5.54. The van der Waals surface area contributed by atoms with Crippen LogP contribution >= 0.6 is 0 Å². The van der Waals surface area contributed by atoms with Crippen molar-refractivity contribution in [2.24, 2.45) is 0 Å². The summed E-state index contributed by atoms with van der Waals surface area (Å²) in [6, 6.07) is 1.88. The van der Waals surface area contributed by atoms with E-state index in [-0.39, 0.29) is 6.61 Å². The highest BCUT2D eigenvalue weighted by Gasteiger charge is 2.05. The number of aryl methyl sites for hydroxylation is 1. The molecular weight excluding hydrogens is 178 g/mol. The lowest BCUT2D eigenvalue weighted by Crippen LogP contribution is -2.26. The van der Waals surface area contributed by atoms with Crippen LogP contribution in [0.4, 0.5) is 5.95 Å². The second-order valence-electron chi connectivity index (χ2n) is 3.15. The number of nitrogens with zero attached hydrogens (tertiary/aromatic N) is 3. The van der Waals surface area contributed by atoms with Gasteiger partial charge in [-0.2, -0.15) is 0 Å². The Bertz CT molecular complexity index is 278. The molecule has 4 nitrogen and oxygen atoms in total. The maximum Gasteiger partial charge on any atom is 0.225 e. The van der Waals surface area contributed by atoms with Gasteiger partial charge in [0.2, 0.25) is 5.95 Å². The molecule has 0 saturated heterocycles. The first-order chi connectivity index (χ1) is 6.77. The molecule has 0 aliphatic carbocycles. The molecule has 0 aliphatic rings. The highest BCUT2D eigenvalue weighted by molar-refractivity contribution is 5.29. The number of aliphatic hydroxyl groups excluding tert-OH is 1. The number of aromatic nitrogens is 2. The van der Waals surface area contributed by atoms with Crippen LogP contribution in [-0.2, 0) is 0 Å². The van der Waals surface area contributed by atoms with Gasteiger partial charge in [0.1, 0.15) is 0 Å². The average Bonchev–Trinajstić information content (AvgIpc) is 2.19. The van der Waals surface area contributed by atoms with E-state index < -0.39 is 0 Å². The van der Waals surface area contributed by atoms with E-state index in [0.717, 1.165) is 31.2 Å². The molecule has 1 rings (SSSR count). The van der Waals surface area contributed by atoms with Crippen LogP contribution in [0.1, 0.15) is 19.0 Å². The molecule has 0 unspecified atom stereocenters. The highest BCUT2D eigenvalue weighted by atomic mass is 16.3. The van der Waals surface area contributed by atoms with Gasteiger partial charge in [-0.3, -0.25) is 0 Å². The van der Waals surface area contributed by atoms with Crippen molar-refractivity contribution in [3.8, 4) is 0 Å². The first-order valence-electron chi connectivity index (χ1n) is 4.93. The normalized spacial score (nSPS) is 10.2. The summed E-state index contributed by atoms with van der Waals surface area (Å²) in [5, 5.41) is 8.74. The molecule has 0 saturated carbocycles. The third-order valence-corrected chi connectivity index (χ3v) is 2.03. The summed E-state index contributed by atoms with van der Waals surface area (Å²) in [6.45, 7) is 5.89. The fourth-order valence-corrected chi connectivity index (χ4v) is 1.25. The number of hydrogen-bond donors (Lipinski definition) is 1. The predicted octanol–water partition coefficient (Wildman–Crippen LogP) is 0.994. The zero-order valence-corrected chi connectivity index (χ0v) is 8.77. The lowest BCUT2D eigenvalue weighted by molar-refractivity contribution is 0.289. The minimum Gasteiger partial charge on any atom is -0.396 e. The third kappa shape index (κ3) is 2.96. The monoisotopic (exact) mass is 195 g/mol. The van der Waals surface area contributed by atoms with Crippen molar-refractivity contribution in [2.45, 2.75) is 20.3 Å². The van der Waals surface area contributed by atoms with Gasteiger partial charge in [0.15, 0.2) is 0 Å². The molecule has 0 bridgehead atoms. The van der Waals surface area contributed by atoms with Crippen LogP contribution in [0, 0.1) is 6.92 Å². The van der Waals surface area contributed by atoms with Crippen LogP contribution in [0.5, 0.6) is 0 Å². The van der Waals surface area contributed by atoms with Gasteiger partial charge < -0.3 is 10.0 Å². The summed E-state index contributed by atoms with van der Waals surface area (Å²) in [7, 11) is 0. The van der Waals surface area contributed by atoms with Crippen molar-refractivity contribution in [2.75, 3.05) is 24.6 Å². The fraction of sp³-hybridized carbons (Fsp3) is 0.600. The number of aliphatic hydroxyl groups is 1. The molecule has 0 atom stereocenters. The number of anilines is 1. The average molecular weight is 195 g/mol. The Morgan fingerprint density at radius 2 is 2.29 bits per heavy atom. The molecule has 1 heterocycles. The molecule has 78 valence electrons. The van der Waals surface area contributed by atoms with E-state index in [1.807, 2.05) is 13.0 Å². The maximum atomic E-state index is 8.74. The van der Waals surface area contributed by atoms with Crippen molar-refractivity contribution in [1.82, 2.24) is 9.97 Å². The van der Waals surface area contributed by atoms with E-state index in [4.69, 9.17) is 5.11 Å². The van der Waals surface area contributed by atoms with Crippen molar-refractivity contribution in [3.63, 3.8) is 0 Å². The van der Waals surface area contributed by atoms with E-state index in [1.54, 1.807) is 6.20 Å². The summed E-state index contributed by atoms with van der Waals surface area (Å²) < 4.78 is 0. The Morgan fingerprint density at radius 1 is 1.50 bits per heavy atom. The van der Waals surface area contributed by atoms with E-state index in [2.05, 4.69) is 21.8 Å².